The predicted octanol–water partition coefficient (Wildman–Crippen LogP) is 2.34. The second-order valence-electron chi connectivity index (χ2n) is 4.90. The maximum Gasteiger partial charge on any atom is 0.319 e. The third-order valence-corrected chi connectivity index (χ3v) is 3.37. The van der Waals surface area contributed by atoms with Crippen molar-refractivity contribution in [1.82, 2.24) is 20.1 Å². The number of nitrogens with zero attached hydrogens (tertiary/aromatic N) is 4. The minimum atomic E-state index is -0.323. The highest BCUT2D eigenvalue weighted by molar-refractivity contribution is 6.31. The van der Waals surface area contributed by atoms with Gasteiger partial charge in [-0.15, -0.1) is 10.2 Å². The van der Waals surface area contributed by atoms with Crippen LogP contribution in [0, 0.1) is 0 Å². The average Bonchev–Trinajstić information content (AvgIpc) is 2.92. The Morgan fingerprint density at radius 1 is 1.41 bits per heavy atom. The first-order chi connectivity index (χ1) is 10.5. The van der Waals surface area contributed by atoms with Crippen molar-refractivity contribution in [2.24, 2.45) is 0 Å². The number of halogens is 1. The number of urea groups is 1. The van der Waals surface area contributed by atoms with Crippen LogP contribution in [-0.4, -0.2) is 34.9 Å². The van der Waals surface area contributed by atoms with Crippen molar-refractivity contribution >= 4 is 29.0 Å². The fourth-order valence-corrected chi connectivity index (χ4v) is 2.18. The van der Waals surface area contributed by atoms with Crippen LogP contribution >= 0.6 is 11.6 Å². The van der Waals surface area contributed by atoms with Gasteiger partial charge in [0.1, 0.15) is 6.33 Å². The molecule has 0 fully saturated rings. The van der Waals surface area contributed by atoms with Gasteiger partial charge in [-0.3, -0.25) is 0 Å². The third-order valence-electron chi connectivity index (χ3n) is 3.13. The van der Waals surface area contributed by atoms with Gasteiger partial charge in [0.2, 0.25) is 0 Å². The molecule has 1 aromatic carbocycles. The van der Waals surface area contributed by atoms with E-state index < -0.39 is 0 Å². The van der Waals surface area contributed by atoms with Gasteiger partial charge >= 0.3 is 6.03 Å². The largest absolute Gasteiger partial charge is 0.376 e. The number of anilines is 2. The number of amides is 2. The Kier molecular flexibility index (Phi) is 5.21. The van der Waals surface area contributed by atoms with Gasteiger partial charge in [0, 0.05) is 25.7 Å². The Balaban J connectivity index is 2.02. The Morgan fingerprint density at radius 3 is 2.86 bits per heavy atom. The third kappa shape index (κ3) is 3.88. The molecule has 0 saturated carbocycles. The van der Waals surface area contributed by atoms with E-state index in [0.717, 1.165) is 12.2 Å². The van der Waals surface area contributed by atoms with E-state index in [4.69, 9.17) is 11.6 Å². The van der Waals surface area contributed by atoms with E-state index >= 15 is 0 Å². The average molecular weight is 323 g/mol. The monoisotopic (exact) mass is 322 g/mol. The minimum Gasteiger partial charge on any atom is -0.376 e. The fourth-order valence-electron chi connectivity index (χ4n) is 2.00. The summed E-state index contributed by atoms with van der Waals surface area (Å²) >= 11 is 5.99. The molecule has 0 aliphatic heterocycles. The van der Waals surface area contributed by atoms with Gasteiger partial charge in [-0.2, -0.15) is 0 Å². The van der Waals surface area contributed by atoms with E-state index in [1.165, 1.54) is 0 Å². The molecule has 0 radical (unpaired) electrons. The van der Waals surface area contributed by atoms with Crippen molar-refractivity contribution in [3.63, 3.8) is 0 Å². The second-order valence-corrected chi connectivity index (χ2v) is 5.33. The van der Waals surface area contributed by atoms with Gasteiger partial charge in [0.05, 0.1) is 17.9 Å². The summed E-state index contributed by atoms with van der Waals surface area (Å²) in [6.45, 7) is 3.05. The molecule has 118 valence electrons. The summed E-state index contributed by atoms with van der Waals surface area (Å²) in [6, 6.07) is 5.02. The molecule has 1 aromatic heterocycles. The van der Waals surface area contributed by atoms with Crippen LogP contribution in [0.1, 0.15) is 12.7 Å². The van der Waals surface area contributed by atoms with Crippen molar-refractivity contribution in [2.75, 3.05) is 24.3 Å². The molecule has 0 spiro atoms. The predicted molar refractivity (Wildman–Crippen MR) is 87.3 cm³/mol. The molecule has 0 bridgehead atoms. The SMILES string of the molecule is CCn1cnnc1CNC(=O)Nc1cc(Cl)ccc1N(C)C. The molecular formula is C14H19ClN6O. The molecule has 0 atom stereocenters. The molecule has 2 rings (SSSR count). The van der Waals surface area contributed by atoms with Gasteiger partial charge in [0.25, 0.3) is 0 Å². The van der Waals surface area contributed by atoms with Crippen LogP contribution < -0.4 is 15.5 Å². The maximum atomic E-state index is 12.1. The van der Waals surface area contributed by atoms with Gasteiger partial charge < -0.3 is 20.1 Å². The summed E-state index contributed by atoms with van der Waals surface area (Å²) in [7, 11) is 3.80. The van der Waals surface area contributed by atoms with Crippen LogP contribution in [0.3, 0.4) is 0 Å². The molecule has 7 nitrogen and oxygen atoms in total. The van der Waals surface area contributed by atoms with Crippen LogP contribution in [0.15, 0.2) is 24.5 Å². The Labute approximate surface area is 134 Å². The Hall–Kier alpha value is -2.28. The van der Waals surface area contributed by atoms with Crippen LogP contribution in [0.2, 0.25) is 5.02 Å². The van der Waals surface area contributed by atoms with Crippen LogP contribution in [-0.2, 0) is 13.1 Å². The lowest BCUT2D eigenvalue weighted by Crippen LogP contribution is -2.30. The normalized spacial score (nSPS) is 10.4. The number of carbonyl (C=O) groups excluding carboxylic acids is 1. The number of benzene rings is 1. The first-order valence-electron chi connectivity index (χ1n) is 6.89. The van der Waals surface area contributed by atoms with Gasteiger partial charge in [-0.25, -0.2) is 4.79 Å². The van der Waals surface area contributed by atoms with Crippen LogP contribution in [0.4, 0.5) is 16.2 Å². The summed E-state index contributed by atoms with van der Waals surface area (Å²) in [4.78, 5) is 14.0. The van der Waals surface area contributed by atoms with Crippen molar-refractivity contribution in [2.45, 2.75) is 20.0 Å². The van der Waals surface area contributed by atoms with E-state index in [1.807, 2.05) is 36.6 Å². The summed E-state index contributed by atoms with van der Waals surface area (Å²) in [5.41, 5.74) is 1.52. The smallest absolute Gasteiger partial charge is 0.319 e. The first kappa shape index (κ1) is 16.1. The van der Waals surface area contributed by atoms with Crippen molar-refractivity contribution in [1.29, 1.82) is 0 Å². The number of hydrogen-bond donors (Lipinski definition) is 2. The summed E-state index contributed by atoms with van der Waals surface area (Å²) in [6.07, 6.45) is 1.63. The highest BCUT2D eigenvalue weighted by Crippen LogP contribution is 2.27. The highest BCUT2D eigenvalue weighted by atomic mass is 35.5. The number of hydrogen-bond acceptors (Lipinski definition) is 4. The molecule has 22 heavy (non-hydrogen) atoms. The molecular weight excluding hydrogens is 304 g/mol. The summed E-state index contributed by atoms with van der Waals surface area (Å²) in [5, 5.41) is 13.9. The highest BCUT2D eigenvalue weighted by Gasteiger charge is 2.10. The molecule has 8 heteroatoms. The number of nitrogens with one attached hydrogen (secondary N) is 2. The van der Waals surface area contributed by atoms with Crippen molar-refractivity contribution in [3.8, 4) is 0 Å². The summed E-state index contributed by atoms with van der Waals surface area (Å²) < 4.78 is 1.87. The van der Waals surface area contributed by atoms with E-state index in [-0.39, 0.29) is 6.03 Å². The van der Waals surface area contributed by atoms with Gasteiger partial charge in [0.15, 0.2) is 5.82 Å². The Bertz CT molecular complexity index is 655. The molecule has 2 amide bonds. The molecule has 0 saturated heterocycles. The second kappa shape index (κ2) is 7.13. The number of aromatic nitrogens is 3. The molecule has 0 aliphatic carbocycles. The molecule has 0 unspecified atom stereocenters. The first-order valence-corrected chi connectivity index (χ1v) is 7.27. The van der Waals surface area contributed by atoms with Crippen molar-refractivity contribution in [3.05, 3.63) is 35.4 Å². The Morgan fingerprint density at radius 2 is 2.18 bits per heavy atom. The summed E-state index contributed by atoms with van der Waals surface area (Å²) in [5.74, 6) is 0.705. The van der Waals surface area contributed by atoms with E-state index in [2.05, 4.69) is 20.8 Å². The zero-order valence-electron chi connectivity index (χ0n) is 12.8. The number of rotatable bonds is 5. The van der Waals surface area contributed by atoms with E-state index in [9.17, 15) is 4.79 Å². The maximum absolute atomic E-state index is 12.1. The fraction of sp³-hybridized carbons (Fsp3) is 0.357. The number of aryl methyl sites for hydroxylation is 1. The lowest BCUT2D eigenvalue weighted by molar-refractivity contribution is 0.251. The van der Waals surface area contributed by atoms with Crippen LogP contribution in [0.25, 0.3) is 0 Å². The standard InChI is InChI=1S/C14H19ClN6O/c1-4-21-9-17-19-13(21)8-16-14(22)18-11-7-10(15)5-6-12(11)20(2)3/h5-7,9H,4,8H2,1-3H3,(H2,16,18,22). The lowest BCUT2D eigenvalue weighted by atomic mass is 10.2. The number of carbonyl (C=O) groups is 1. The van der Waals surface area contributed by atoms with Crippen LogP contribution in [0.5, 0.6) is 0 Å². The molecule has 2 aromatic rings. The molecule has 1 heterocycles. The minimum absolute atomic E-state index is 0.303. The topological polar surface area (TPSA) is 75.1 Å². The molecule has 0 aliphatic rings. The van der Waals surface area contributed by atoms with E-state index in [0.29, 0.717) is 23.1 Å². The zero-order chi connectivity index (χ0) is 16.1. The van der Waals surface area contributed by atoms with Gasteiger partial charge in [-0.1, -0.05) is 11.6 Å². The zero-order valence-corrected chi connectivity index (χ0v) is 13.6. The van der Waals surface area contributed by atoms with Gasteiger partial charge in [-0.05, 0) is 25.1 Å². The quantitative estimate of drug-likeness (QED) is 0.886. The van der Waals surface area contributed by atoms with E-state index in [1.54, 1.807) is 18.5 Å². The van der Waals surface area contributed by atoms with Crippen molar-refractivity contribution < 1.29 is 4.79 Å². The lowest BCUT2D eigenvalue weighted by Gasteiger charge is -2.18. The molecule has 2 N–H and O–H groups in total.